The summed E-state index contributed by atoms with van der Waals surface area (Å²) < 4.78 is 47.5. The first kappa shape index (κ1) is 12.2. The molecule has 0 aliphatic heterocycles. The Hall–Kier alpha value is -0.893. The molecule has 0 amide bonds. The van der Waals surface area contributed by atoms with Crippen LogP contribution in [0.1, 0.15) is 0 Å². The van der Waals surface area contributed by atoms with Gasteiger partial charge in [0.2, 0.25) is 0 Å². The molecular formula is C8H9F3O3Si. The van der Waals surface area contributed by atoms with Crippen molar-refractivity contribution in [2.24, 2.45) is 0 Å². The molecule has 1 rings (SSSR count). The van der Waals surface area contributed by atoms with E-state index in [1.54, 1.807) is 0 Å². The van der Waals surface area contributed by atoms with Gasteiger partial charge in [0.1, 0.15) is 0 Å². The van der Waals surface area contributed by atoms with Crippen molar-refractivity contribution in [2.45, 2.75) is 0 Å². The molecule has 1 N–H and O–H groups in total. The van der Waals surface area contributed by atoms with Crippen molar-refractivity contribution in [3.63, 3.8) is 0 Å². The molecule has 0 unspecified atom stereocenters. The quantitative estimate of drug-likeness (QED) is 0.617. The van der Waals surface area contributed by atoms with Crippen LogP contribution >= 0.6 is 0 Å². The van der Waals surface area contributed by atoms with Gasteiger partial charge in [0, 0.05) is 19.4 Å². The molecule has 0 saturated heterocycles. The van der Waals surface area contributed by atoms with Crippen LogP contribution in [0.25, 0.3) is 0 Å². The maximum absolute atomic E-state index is 12.8. The molecule has 0 heterocycles. The highest BCUT2D eigenvalue weighted by Crippen LogP contribution is 2.11. The summed E-state index contributed by atoms with van der Waals surface area (Å²) in [6.45, 7) is 0. The van der Waals surface area contributed by atoms with Crippen LogP contribution in [0.4, 0.5) is 13.2 Å². The molecule has 0 radical (unpaired) electrons. The van der Waals surface area contributed by atoms with Crippen molar-refractivity contribution in [2.75, 3.05) is 14.2 Å². The van der Waals surface area contributed by atoms with E-state index in [9.17, 15) is 18.0 Å². The van der Waals surface area contributed by atoms with Crippen LogP contribution in [0.3, 0.4) is 0 Å². The third-order valence-electron chi connectivity index (χ3n) is 1.90. The minimum Gasteiger partial charge on any atom is -0.386 e. The third kappa shape index (κ3) is 2.20. The molecule has 15 heavy (non-hydrogen) atoms. The minimum atomic E-state index is -3.81. The summed E-state index contributed by atoms with van der Waals surface area (Å²) in [5.74, 6) is -4.39. The highest BCUT2D eigenvalue weighted by Gasteiger charge is 2.39. The number of hydrogen-bond donors (Lipinski definition) is 1. The van der Waals surface area contributed by atoms with E-state index in [0.29, 0.717) is 12.1 Å². The zero-order valence-corrected chi connectivity index (χ0v) is 9.05. The largest absolute Gasteiger partial charge is 0.534 e. The van der Waals surface area contributed by atoms with Gasteiger partial charge >= 0.3 is 8.80 Å². The highest BCUT2D eigenvalue weighted by atomic mass is 28.4. The van der Waals surface area contributed by atoms with E-state index in [0.717, 1.165) is 14.2 Å². The first-order chi connectivity index (χ1) is 6.94. The second-order valence-corrected chi connectivity index (χ2v) is 5.30. The molecule has 0 aliphatic carbocycles. The summed E-state index contributed by atoms with van der Waals surface area (Å²) in [4.78, 5) is 9.68. The SMILES string of the molecule is CO[Si](O)(OC)c1cc(F)c(F)c(F)c1. The van der Waals surface area contributed by atoms with Crippen molar-refractivity contribution in [1.82, 2.24) is 0 Å². The van der Waals surface area contributed by atoms with Gasteiger partial charge in [-0.05, 0) is 12.1 Å². The number of halogens is 3. The van der Waals surface area contributed by atoms with Gasteiger partial charge in [0.25, 0.3) is 0 Å². The van der Waals surface area contributed by atoms with Gasteiger partial charge in [-0.1, -0.05) is 0 Å². The fourth-order valence-electron chi connectivity index (χ4n) is 1.06. The molecule has 1 aromatic carbocycles. The fraction of sp³-hybridized carbons (Fsp3) is 0.250. The Kier molecular flexibility index (Phi) is 3.50. The minimum absolute atomic E-state index is 0.232. The zero-order chi connectivity index (χ0) is 11.6. The standard InChI is InChI=1S/C8H9F3O3Si/c1-13-15(12,14-2)5-3-6(9)8(11)7(10)4-5/h3-4,12H,1-2H3. The topological polar surface area (TPSA) is 38.7 Å². The Bertz CT molecular complexity index is 345. The molecule has 7 heteroatoms. The molecule has 0 aromatic heterocycles. The number of rotatable bonds is 3. The Morgan fingerprint density at radius 3 is 1.80 bits per heavy atom. The average Bonchev–Trinajstić information content (AvgIpc) is 2.24. The van der Waals surface area contributed by atoms with E-state index < -0.39 is 26.3 Å². The molecule has 84 valence electrons. The monoisotopic (exact) mass is 238 g/mol. The van der Waals surface area contributed by atoms with Crippen LogP contribution in [-0.4, -0.2) is 27.8 Å². The van der Waals surface area contributed by atoms with Crippen LogP contribution < -0.4 is 5.19 Å². The lowest BCUT2D eigenvalue weighted by Gasteiger charge is -2.19. The van der Waals surface area contributed by atoms with Crippen molar-refractivity contribution < 1.29 is 26.8 Å². The smallest absolute Gasteiger partial charge is 0.386 e. The summed E-state index contributed by atoms with van der Waals surface area (Å²) in [5.41, 5.74) is 0. The summed E-state index contributed by atoms with van der Waals surface area (Å²) in [7, 11) is -1.54. The maximum Gasteiger partial charge on any atom is 0.534 e. The van der Waals surface area contributed by atoms with Crippen LogP contribution in [-0.2, 0) is 8.85 Å². The molecule has 0 fully saturated rings. The number of hydrogen-bond acceptors (Lipinski definition) is 3. The first-order valence-electron chi connectivity index (χ1n) is 3.92. The summed E-state index contributed by atoms with van der Waals surface area (Å²) in [5, 5.41) is -0.232. The fourth-order valence-corrected chi connectivity index (χ4v) is 2.31. The second kappa shape index (κ2) is 4.31. The van der Waals surface area contributed by atoms with Crippen LogP contribution in [0.5, 0.6) is 0 Å². The zero-order valence-electron chi connectivity index (χ0n) is 8.05. The van der Waals surface area contributed by atoms with Crippen LogP contribution in [0, 0.1) is 17.5 Å². The lowest BCUT2D eigenvalue weighted by Crippen LogP contribution is -2.53. The van der Waals surface area contributed by atoms with E-state index >= 15 is 0 Å². The molecule has 0 bridgehead atoms. The van der Waals surface area contributed by atoms with E-state index in [1.165, 1.54) is 0 Å². The Morgan fingerprint density at radius 2 is 1.47 bits per heavy atom. The summed E-state index contributed by atoms with van der Waals surface area (Å²) in [6, 6.07) is 1.30. The molecule has 0 atom stereocenters. The van der Waals surface area contributed by atoms with E-state index in [2.05, 4.69) is 8.85 Å². The number of benzene rings is 1. The Labute approximate surface area is 85.4 Å². The van der Waals surface area contributed by atoms with Gasteiger partial charge in [-0.3, -0.25) is 0 Å². The van der Waals surface area contributed by atoms with Gasteiger partial charge < -0.3 is 13.6 Å². The molecule has 0 saturated carbocycles. The van der Waals surface area contributed by atoms with E-state index in [1.807, 2.05) is 0 Å². The van der Waals surface area contributed by atoms with Gasteiger partial charge in [0.05, 0.1) is 0 Å². The van der Waals surface area contributed by atoms with Crippen molar-refractivity contribution in [3.8, 4) is 0 Å². The average molecular weight is 238 g/mol. The first-order valence-corrected chi connectivity index (χ1v) is 5.68. The van der Waals surface area contributed by atoms with Crippen LogP contribution in [0.2, 0.25) is 0 Å². The molecule has 0 spiro atoms. The Balaban J connectivity index is 3.27. The third-order valence-corrected chi connectivity index (χ3v) is 4.03. The molecule has 3 nitrogen and oxygen atoms in total. The normalized spacial score (nSPS) is 11.9. The summed E-state index contributed by atoms with van der Waals surface area (Å²) in [6.07, 6.45) is 0. The Morgan fingerprint density at radius 1 is 1.07 bits per heavy atom. The van der Waals surface area contributed by atoms with Crippen LogP contribution in [0.15, 0.2) is 12.1 Å². The molecule has 0 aliphatic rings. The maximum atomic E-state index is 12.8. The lowest BCUT2D eigenvalue weighted by molar-refractivity contribution is 0.169. The molecular weight excluding hydrogens is 229 g/mol. The van der Waals surface area contributed by atoms with Gasteiger partial charge in [-0.2, -0.15) is 0 Å². The van der Waals surface area contributed by atoms with Crippen molar-refractivity contribution in [3.05, 3.63) is 29.6 Å². The van der Waals surface area contributed by atoms with Crippen molar-refractivity contribution >= 4 is 14.0 Å². The lowest BCUT2D eigenvalue weighted by atomic mass is 10.3. The summed E-state index contributed by atoms with van der Waals surface area (Å²) >= 11 is 0. The predicted octanol–water partition coefficient (Wildman–Crippen LogP) is 0.535. The van der Waals surface area contributed by atoms with Gasteiger partial charge in [-0.25, -0.2) is 13.2 Å². The van der Waals surface area contributed by atoms with E-state index in [-0.39, 0.29) is 5.19 Å². The second-order valence-electron chi connectivity index (χ2n) is 2.74. The highest BCUT2D eigenvalue weighted by molar-refractivity contribution is 6.74. The van der Waals surface area contributed by atoms with E-state index in [4.69, 9.17) is 0 Å². The van der Waals surface area contributed by atoms with Gasteiger partial charge in [-0.15, -0.1) is 0 Å². The molecule has 1 aromatic rings. The van der Waals surface area contributed by atoms with Gasteiger partial charge in [0.15, 0.2) is 17.5 Å². The predicted molar refractivity (Wildman–Crippen MR) is 47.9 cm³/mol. The van der Waals surface area contributed by atoms with Crippen molar-refractivity contribution in [1.29, 1.82) is 0 Å².